The quantitative estimate of drug-likeness (QED) is 0.844. The molecule has 0 saturated carbocycles. The number of rotatable bonds is 3. The Morgan fingerprint density at radius 1 is 0.950 bits per heavy atom. The van der Waals surface area contributed by atoms with Gasteiger partial charge in [0, 0.05) is 23.6 Å². The van der Waals surface area contributed by atoms with Gasteiger partial charge in [-0.05, 0) is 23.8 Å². The largest absolute Gasteiger partial charge is 0.388 e. The minimum Gasteiger partial charge on any atom is -0.388 e. The lowest BCUT2D eigenvalue weighted by molar-refractivity contribution is 0.167. The van der Waals surface area contributed by atoms with E-state index in [2.05, 4.69) is 0 Å². The monoisotopic (exact) mass is 304 g/mol. The summed E-state index contributed by atoms with van der Waals surface area (Å²) >= 11 is 5.68. The number of benzene rings is 2. The molecule has 0 aliphatic carbocycles. The first kappa shape index (κ1) is 14.8. The molecule has 0 saturated heterocycles. The molecule has 0 aliphatic heterocycles. The van der Waals surface area contributed by atoms with Gasteiger partial charge in [0.15, 0.2) is 0 Å². The van der Waals surface area contributed by atoms with Gasteiger partial charge in [0.1, 0.15) is 23.3 Å². The summed E-state index contributed by atoms with van der Waals surface area (Å²) in [5, 5.41) is 10.1. The van der Waals surface area contributed by atoms with E-state index >= 15 is 0 Å². The van der Waals surface area contributed by atoms with Crippen LogP contribution in [0.2, 0.25) is 5.02 Å². The second-order valence-electron chi connectivity index (χ2n) is 4.24. The summed E-state index contributed by atoms with van der Waals surface area (Å²) in [4.78, 5) is 0. The summed E-state index contributed by atoms with van der Waals surface area (Å²) in [5.74, 6) is -4.20. The molecule has 0 radical (unpaired) electrons. The van der Waals surface area contributed by atoms with Crippen molar-refractivity contribution in [1.82, 2.24) is 0 Å². The Labute approximate surface area is 117 Å². The Morgan fingerprint density at radius 3 is 2.15 bits per heavy atom. The van der Waals surface area contributed by atoms with Gasteiger partial charge in [0.25, 0.3) is 0 Å². The predicted molar refractivity (Wildman–Crippen MR) is 66.4 cm³/mol. The number of aliphatic hydroxyl groups is 1. The van der Waals surface area contributed by atoms with E-state index in [1.165, 1.54) is 12.1 Å². The first-order chi connectivity index (χ1) is 9.38. The van der Waals surface area contributed by atoms with E-state index in [1.807, 2.05) is 0 Å². The van der Waals surface area contributed by atoms with Crippen molar-refractivity contribution < 1.29 is 22.7 Å². The molecule has 0 aromatic heterocycles. The molecule has 106 valence electrons. The Balaban J connectivity index is 2.33. The number of hydrogen-bond donors (Lipinski definition) is 1. The molecule has 2 aromatic rings. The molecule has 1 N–H and O–H groups in total. The van der Waals surface area contributed by atoms with Crippen LogP contribution in [0.25, 0.3) is 0 Å². The fraction of sp³-hybridized carbons (Fsp3) is 0.143. The van der Waals surface area contributed by atoms with Crippen molar-refractivity contribution in [2.75, 3.05) is 0 Å². The minimum atomic E-state index is -1.65. The molecule has 1 unspecified atom stereocenters. The molecule has 6 heteroatoms. The zero-order valence-electron chi connectivity index (χ0n) is 10.0. The van der Waals surface area contributed by atoms with Crippen LogP contribution in [0, 0.1) is 23.3 Å². The highest BCUT2D eigenvalue weighted by molar-refractivity contribution is 6.30. The summed E-state index contributed by atoms with van der Waals surface area (Å²) in [6.07, 6.45) is -2.03. The Hall–Kier alpha value is -1.59. The lowest BCUT2D eigenvalue weighted by atomic mass is 10.00. The van der Waals surface area contributed by atoms with Crippen LogP contribution in [0.3, 0.4) is 0 Å². The molecule has 0 aliphatic rings. The zero-order valence-corrected chi connectivity index (χ0v) is 10.8. The Morgan fingerprint density at radius 2 is 1.55 bits per heavy atom. The van der Waals surface area contributed by atoms with Crippen molar-refractivity contribution in [2.24, 2.45) is 0 Å². The van der Waals surface area contributed by atoms with E-state index < -0.39 is 34.9 Å². The smallest absolute Gasteiger partial charge is 0.134 e. The van der Waals surface area contributed by atoms with Gasteiger partial charge in [-0.1, -0.05) is 11.6 Å². The van der Waals surface area contributed by atoms with Crippen LogP contribution in [0.15, 0.2) is 30.3 Å². The third-order valence-electron chi connectivity index (χ3n) is 2.80. The molecule has 2 rings (SSSR count). The number of hydrogen-bond acceptors (Lipinski definition) is 1. The molecule has 0 bridgehead atoms. The topological polar surface area (TPSA) is 20.2 Å². The minimum absolute atomic E-state index is 0.00752. The van der Waals surface area contributed by atoms with E-state index in [4.69, 9.17) is 11.6 Å². The third-order valence-corrected chi connectivity index (χ3v) is 3.03. The van der Waals surface area contributed by atoms with E-state index in [0.717, 1.165) is 6.07 Å². The predicted octanol–water partition coefficient (Wildman–Crippen LogP) is 4.17. The van der Waals surface area contributed by atoms with Gasteiger partial charge in [-0.15, -0.1) is 0 Å². The van der Waals surface area contributed by atoms with E-state index in [-0.39, 0.29) is 17.0 Å². The molecular formula is C14H9ClF4O. The fourth-order valence-corrected chi connectivity index (χ4v) is 2.08. The van der Waals surface area contributed by atoms with Gasteiger partial charge in [-0.2, -0.15) is 0 Å². The van der Waals surface area contributed by atoms with Gasteiger partial charge < -0.3 is 5.11 Å². The van der Waals surface area contributed by atoms with Gasteiger partial charge >= 0.3 is 0 Å². The number of halogens is 5. The lowest BCUT2D eigenvalue weighted by Gasteiger charge is -2.14. The second kappa shape index (κ2) is 5.81. The average molecular weight is 305 g/mol. The highest BCUT2D eigenvalue weighted by atomic mass is 35.5. The van der Waals surface area contributed by atoms with Crippen LogP contribution in [0.4, 0.5) is 17.6 Å². The normalized spacial score (nSPS) is 12.5. The molecule has 0 spiro atoms. The summed E-state index contributed by atoms with van der Waals surface area (Å²) in [6, 6.07) is 4.55. The third kappa shape index (κ3) is 3.11. The van der Waals surface area contributed by atoms with Crippen LogP contribution in [-0.4, -0.2) is 5.11 Å². The van der Waals surface area contributed by atoms with Crippen LogP contribution in [0.1, 0.15) is 17.2 Å². The zero-order chi connectivity index (χ0) is 14.9. The maximum absolute atomic E-state index is 13.5. The van der Waals surface area contributed by atoms with Gasteiger partial charge in [-0.3, -0.25) is 0 Å². The van der Waals surface area contributed by atoms with Crippen molar-refractivity contribution >= 4 is 11.6 Å². The summed E-state index contributed by atoms with van der Waals surface area (Å²) in [7, 11) is 0. The molecule has 0 amide bonds. The highest BCUT2D eigenvalue weighted by Gasteiger charge is 2.21. The van der Waals surface area contributed by atoms with Crippen LogP contribution >= 0.6 is 11.6 Å². The van der Waals surface area contributed by atoms with Crippen LogP contribution < -0.4 is 0 Å². The van der Waals surface area contributed by atoms with Crippen LogP contribution in [0.5, 0.6) is 0 Å². The molecule has 1 nitrogen and oxygen atoms in total. The summed E-state index contributed by atoms with van der Waals surface area (Å²) < 4.78 is 53.2. The summed E-state index contributed by atoms with van der Waals surface area (Å²) in [6.45, 7) is 0. The van der Waals surface area contributed by atoms with Crippen molar-refractivity contribution in [1.29, 1.82) is 0 Å². The molecule has 0 heterocycles. The van der Waals surface area contributed by atoms with Crippen molar-refractivity contribution in [3.63, 3.8) is 0 Å². The Kier molecular flexibility index (Phi) is 4.30. The van der Waals surface area contributed by atoms with E-state index in [9.17, 15) is 22.7 Å². The van der Waals surface area contributed by atoms with E-state index in [0.29, 0.717) is 12.1 Å². The molecule has 0 fully saturated rings. The van der Waals surface area contributed by atoms with Gasteiger partial charge in [0.05, 0.1) is 11.7 Å². The summed E-state index contributed by atoms with van der Waals surface area (Å²) in [5.41, 5.74) is -0.695. The van der Waals surface area contributed by atoms with E-state index in [1.54, 1.807) is 0 Å². The maximum Gasteiger partial charge on any atom is 0.134 e. The molecule has 2 aromatic carbocycles. The second-order valence-corrected chi connectivity index (χ2v) is 4.68. The van der Waals surface area contributed by atoms with Crippen molar-refractivity contribution in [3.8, 4) is 0 Å². The van der Waals surface area contributed by atoms with Crippen molar-refractivity contribution in [2.45, 2.75) is 12.5 Å². The maximum atomic E-state index is 13.5. The average Bonchev–Trinajstić information content (AvgIpc) is 2.32. The first-order valence-electron chi connectivity index (χ1n) is 5.65. The fourth-order valence-electron chi connectivity index (χ4n) is 1.88. The SMILES string of the molecule is OC(Cc1cc(Cl)ccc1F)c1c(F)cc(F)cc1F. The lowest BCUT2D eigenvalue weighted by Crippen LogP contribution is -2.09. The van der Waals surface area contributed by atoms with Gasteiger partial charge in [-0.25, -0.2) is 17.6 Å². The standard InChI is InChI=1S/C14H9ClF4O/c15-8-1-2-10(17)7(3-8)4-13(20)14-11(18)5-9(16)6-12(14)19/h1-3,5-6,13,20H,4H2. The first-order valence-corrected chi connectivity index (χ1v) is 6.02. The molecule has 1 atom stereocenters. The molecular weight excluding hydrogens is 296 g/mol. The van der Waals surface area contributed by atoms with Crippen molar-refractivity contribution in [3.05, 3.63) is 69.8 Å². The van der Waals surface area contributed by atoms with Crippen LogP contribution in [-0.2, 0) is 6.42 Å². The number of aliphatic hydroxyl groups excluding tert-OH is 1. The molecule has 20 heavy (non-hydrogen) atoms. The highest BCUT2D eigenvalue weighted by Crippen LogP contribution is 2.27. The Bertz CT molecular complexity index is 622. The van der Waals surface area contributed by atoms with Gasteiger partial charge in [0.2, 0.25) is 0 Å².